The van der Waals surface area contributed by atoms with Crippen molar-refractivity contribution in [1.82, 2.24) is 5.32 Å². The number of nitrogens with one attached hydrogen (secondary N) is 2. The fourth-order valence-electron chi connectivity index (χ4n) is 3.20. The first-order chi connectivity index (χ1) is 16.5. The molecule has 172 valence electrons. The van der Waals surface area contributed by atoms with Crippen LogP contribution in [0.3, 0.4) is 0 Å². The van der Waals surface area contributed by atoms with Gasteiger partial charge in [-0.05, 0) is 60.7 Å². The van der Waals surface area contributed by atoms with Gasteiger partial charge in [0.2, 0.25) is 5.91 Å². The minimum atomic E-state index is -0.247. The maximum absolute atomic E-state index is 12.4. The molecule has 0 aliphatic carbocycles. The van der Waals surface area contributed by atoms with E-state index in [4.69, 9.17) is 4.74 Å². The number of hydrogen-bond acceptors (Lipinski definition) is 6. The third kappa shape index (κ3) is 5.81. The number of benzene rings is 3. The van der Waals surface area contributed by atoms with E-state index in [1.807, 2.05) is 30.3 Å². The first-order valence-corrected chi connectivity index (χ1v) is 11.4. The van der Waals surface area contributed by atoms with E-state index in [2.05, 4.69) is 15.7 Å². The average Bonchev–Trinajstić information content (AvgIpc) is 3.23. The molecule has 0 spiro atoms. The van der Waals surface area contributed by atoms with Crippen molar-refractivity contribution < 1.29 is 19.1 Å². The Morgan fingerprint density at radius 2 is 1.68 bits per heavy atom. The summed E-state index contributed by atoms with van der Waals surface area (Å²) < 4.78 is 5.10. The van der Waals surface area contributed by atoms with Crippen LogP contribution >= 0.6 is 11.8 Å². The monoisotopic (exact) mass is 474 g/mol. The zero-order valence-corrected chi connectivity index (χ0v) is 19.2. The molecule has 1 aliphatic rings. The van der Waals surface area contributed by atoms with Gasteiger partial charge in [-0.15, -0.1) is 11.8 Å². The molecular formula is C25H22N4O4S. The number of rotatable bonds is 7. The Labute approximate surface area is 201 Å². The van der Waals surface area contributed by atoms with Crippen LogP contribution in [-0.4, -0.2) is 36.4 Å². The zero-order chi connectivity index (χ0) is 23.9. The SMILES string of the molecule is COc1ccc(C(=O)Nc2ccc(SCC(=O)NC3=NN(c4ccccc4)C(=O)C3)cc2)cc1. The molecular weight excluding hydrogens is 452 g/mol. The molecule has 8 nitrogen and oxygen atoms in total. The number of methoxy groups -OCH3 is 1. The van der Waals surface area contributed by atoms with Gasteiger partial charge in [-0.1, -0.05) is 18.2 Å². The minimum absolute atomic E-state index is 0.0495. The second kappa shape index (κ2) is 10.7. The summed E-state index contributed by atoms with van der Waals surface area (Å²) in [6.07, 6.45) is 0.0495. The first-order valence-electron chi connectivity index (χ1n) is 10.5. The number of ether oxygens (including phenoxy) is 1. The van der Waals surface area contributed by atoms with E-state index >= 15 is 0 Å². The van der Waals surface area contributed by atoms with Crippen molar-refractivity contribution in [3.05, 3.63) is 84.4 Å². The number of para-hydroxylation sites is 1. The molecule has 0 fully saturated rings. The van der Waals surface area contributed by atoms with Crippen molar-refractivity contribution in [2.45, 2.75) is 11.3 Å². The van der Waals surface area contributed by atoms with Crippen molar-refractivity contribution in [3.8, 4) is 5.75 Å². The van der Waals surface area contributed by atoms with Gasteiger partial charge < -0.3 is 15.4 Å². The molecule has 3 aromatic rings. The van der Waals surface area contributed by atoms with Gasteiger partial charge in [-0.3, -0.25) is 14.4 Å². The van der Waals surface area contributed by atoms with Crippen LogP contribution in [0.1, 0.15) is 16.8 Å². The van der Waals surface area contributed by atoms with Crippen molar-refractivity contribution in [2.24, 2.45) is 5.10 Å². The summed E-state index contributed by atoms with van der Waals surface area (Å²) in [5.74, 6) is 0.512. The maximum Gasteiger partial charge on any atom is 0.255 e. The standard InChI is InChI=1S/C25H22N4O4S/c1-33-20-11-7-17(8-12-20)25(32)26-18-9-13-21(14-10-18)34-16-23(30)27-22-15-24(31)29(28-22)19-5-3-2-4-6-19/h2-14H,15-16H2,1H3,(H,26,32)(H,27,28,30). The van der Waals surface area contributed by atoms with Gasteiger partial charge in [0.25, 0.3) is 11.8 Å². The van der Waals surface area contributed by atoms with Gasteiger partial charge in [0.15, 0.2) is 0 Å². The summed E-state index contributed by atoms with van der Waals surface area (Å²) in [5.41, 5.74) is 1.83. The lowest BCUT2D eigenvalue weighted by Gasteiger charge is -2.10. The number of hydrazone groups is 1. The molecule has 0 aromatic heterocycles. The predicted octanol–water partition coefficient (Wildman–Crippen LogP) is 3.91. The number of amides is 3. The smallest absolute Gasteiger partial charge is 0.255 e. The third-order valence-electron chi connectivity index (χ3n) is 4.89. The number of amidine groups is 1. The first kappa shape index (κ1) is 23.1. The lowest BCUT2D eigenvalue weighted by atomic mass is 10.2. The summed E-state index contributed by atoms with van der Waals surface area (Å²) in [4.78, 5) is 37.8. The highest BCUT2D eigenvalue weighted by atomic mass is 32.2. The zero-order valence-electron chi connectivity index (χ0n) is 18.4. The number of anilines is 2. The van der Waals surface area contributed by atoms with Gasteiger partial charge in [0, 0.05) is 16.1 Å². The second-order valence-electron chi connectivity index (χ2n) is 7.31. The van der Waals surface area contributed by atoms with E-state index in [1.165, 1.54) is 16.8 Å². The molecule has 0 atom stereocenters. The Morgan fingerprint density at radius 3 is 2.35 bits per heavy atom. The number of carbonyl (C=O) groups excluding carboxylic acids is 3. The molecule has 4 rings (SSSR count). The molecule has 0 bridgehead atoms. The largest absolute Gasteiger partial charge is 0.497 e. The molecule has 0 unspecified atom stereocenters. The van der Waals surface area contributed by atoms with Crippen molar-refractivity contribution in [3.63, 3.8) is 0 Å². The molecule has 1 heterocycles. The summed E-state index contributed by atoms with van der Waals surface area (Å²) in [6, 6.07) is 23.1. The molecule has 3 aromatic carbocycles. The molecule has 0 saturated heterocycles. The Balaban J connectivity index is 1.26. The Bertz CT molecular complexity index is 1210. The normalized spacial score (nSPS) is 12.8. The Hall–Kier alpha value is -4.11. The highest BCUT2D eigenvalue weighted by Gasteiger charge is 2.26. The van der Waals surface area contributed by atoms with Crippen molar-refractivity contribution in [2.75, 3.05) is 23.2 Å². The van der Waals surface area contributed by atoms with Crippen LogP contribution in [0.15, 0.2) is 88.9 Å². The fraction of sp³-hybridized carbons (Fsp3) is 0.120. The van der Waals surface area contributed by atoms with Crippen LogP contribution in [0.5, 0.6) is 5.75 Å². The minimum Gasteiger partial charge on any atom is -0.497 e. The van der Waals surface area contributed by atoms with E-state index in [1.54, 1.807) is 55.6 Å². The van der Waals surface area contributed by atoms with Gasteiger partial charge in [0.1, 0.15) is 11.6 Å². The van der Waals surface area contributed by atoms with Crippen LogP contribution in [0, 0.1) is 0 Å². The van der Waals surface area contributed by atoms with Gasteiger partial charge in [-0.2, -0.15) is 10.1 Å². The quantitative estimate of drug-likeness (QED) is 0.506. The Kier molecular flexibility index (Phi) is 7.24. The molecule has 0 saturated carbocycles. The summed E-state index contributed by atoms with van der Waals surface area (Å²) in [5, 5.41) is 11.1. The van der Waals surface area contributed by atoms with Gasteiger partial charge in [-0.25, -0.2) is 0 Å². The highest BCUT2D eigenvalue weighted by molar-refractivity contribution is 8.00. The van der Waals surface area contributed by atoms with E-state index in [0.29, 0.717) is 28.5 Å². The fourth-order valence-corrected chi connectivity index (χ4v) is 3.89. The summed E-state index contributed by atoms with van der Waals surface area (Å²) in [7, 11) is 1.57. The lowest BCUT2D eigenvalue weighted by Crippen LogP contribution is -2.31. The molecule has 0 radical (unpaired) electrons. The number of hydrogen-bond donors (Lipinski definition) is 2. The molecule has 9 heteroatoms. The van der Waals surface area contributed by atoms with Crippen LogP contribution in [0.2, 0.25) is 0 Å². The van der Waals surface area contributed by atoms with Gasteiger partial charge in [0.05, 0.1) is 25.0 Å². The number of carbonyl (C=O) groups is 3. The van der Waals surface area contributed by atoms with E-state index in [9.17, 15) is 14.4 Å². The van der Waals surface area contributed by atoms with Crippen LogP contribution in [-0.2, 0) is 9.59 Å². The van der Waals surface area contributed by atoms with E-state index in [-0.39, 0.29) is 29.9 Å². The number of nitrogens with zero attached hydrogens (tertiary/aromatic N) is 2. The highest BCUT2D eigenvalue weighted by Crippen LogP contribution is 2.22. The van der Waals surface area contributed by atoms with E-state index < -0.39 is 0 Å². The van der Waals surface area contributed by atoms with Crippen molar-refractivity contribution in [1.29, 1.82) is 0 Å². The van der Waals surface area contributed by atoms with Crippen molar-refractivity contribution >= 4 is 46.7 Å². The Morgan fingerprint density at radius 1 is 0.971 bits per heavy atom. The predicted molar refractivity (Wildman–Crippen MR) is 132 cm³/mol. The van der Waals surface area contributed by atoms with Crippen LogP contribution in [0.4, 0.5) is 11.4 Å². The average molecular weight is 475 g/mol. The number of thioether (sulfide) groups is 1. The molecule has 2 N–H and O–H groups in total. The summed E-state index contributed by atoms with van der Waals surface area (Å²) in [6.45, 7) is 0. The van der Waals surface area contributed by atoms with Crippen LogP contribution in [0.25, 0.3) is 0 Å². The molecule has 3 amide bonds. The molecule has 34 heavy (non-hydrogen) atoms. The molecule has 1 aliphatic heterocycles. The summed E-state index contributed by atoms with van der Waals surface area (Å²) >= 11 is 1.35. The lowest BCUT2D eigenvalue weighted by molar-refractivity contribution is -0.117. The van der Waals surface area contributed by atoms with Crippen LogP contribution < -0.4 is 20.4 Å². The van der Waals surface area contributed by atoms with Gasteiger partial charge >= 0.3 is 0 Å². The maximum atomic E-state index is 12.4. The topological polar surface area (TPSA) is 100 Å². The second-order valence-corrected chi connectivity index (χ2v) is 8.36. The van der Waals surface area contributed by atoms with E-state index in [0.717, 1.165) is 4.90 Å². The third-order valence-corrected chi connectivity index (χ3v) is 5.91.